The van der Waals surface area contributed by atoms with Gasteiger partial charge in [-0.05, 0) is 33.5 Å². The summed E-state index contributed by atoms with van der Waals surface area (Å²) < 4.78 is 16.3. The molecule has 1 rings (SSSR count). The summed E-state index contributed by atoms with van der Waals surface area (Å²) in [6.45, 7) is 7.55. The SMILES string of the molecule is CNCCOCCOCCOCCNCCC(=O)Nc1cccc(C=O)c1CN(C)C(C)CCC(=O)NC=O. The van der Waals surface area contributed by atoms with Crippen molar-refractivity contribution in [3.8, 4) is 0 Å². The number of ether oxygens (including phenoxy) is 3. The molecule has 1 aromatic carbocycles. The lowest BCUT2D eigenvalue weighted by Gasteiger charge is -2.26. The molecule has 12 heteroatoms. The Morgan fingerprint density at radius 3 is 2.23 bits per heavy atom. The number of rotatable bonds is 24. The van der Waals surface area contributed by atoms with Gasteiger partial charge in [0, 0.05) is 61.9 Å². The third-order valence-electron chi connectivity index (χ3n) is 5.97. The molecule has 0 saturated heterocycles. The fraction of sp³-hybridized carbons (Fsp3) is 0.630. The van der Waals surface area contributed by atoms with Gasteiger partial charge < -0.3 is 30.2 Å². The standard InChI is InChI=1S/C27H45N5O7/c1-22(7-8-26(35)30-21-34)32(3)19-24-23(20-33)5-4-6-25(24)31-27(36)9-10-29-12-14-38-16-18-39-17-15-37-13-11-28-2/h4-6,20-22,28-29H,7-19H2,1-3H3,(H,31,36)(H,30,34,35). The van der Waals surface area contributed by atoms with Crippen molar-refractivity contribution in [1.29, 1.82) is 0 Å². The molecule has 0 spiro atoms. The number of likely N-dealkylation sites (N-methyl/N-ethyl adjacent to an activating group) is 1. The highest BCUT2D eigenvalue weighted by molar-refractivity contribution is 5.93. The molecule has 0 bridgehead atoms. The number of benzene rings is 1. The molecular weight excluding hydrogens is 506 g/mol. The Kier molecular flexibility index (Phi) is 19.4. The van der Waals surface area contributed by atoms with Gasteiger partial charge in [0.1, 0.15) is 6.29 Å². The van der Waals surface area contributed by atoms with Crippen molar-refractivity contribution in [3.05, 3.63) is 29.3 Å². The van der Waals surface area contributed by atoms with Crippen LogP contribution in [-0.2, 0) is 35.1 Å². The number of nitrogens with zero attached hydrogens (tertiary/aromatic N) is 1. The molecule has 0 saturated carbocycles. The Hall–Kier alpha value is -2.74. The zero-order valence-electron chi connectivity index (χ0n) is 23.5. The highest BCUT2D eigenvalue weighted by Crippen LogP contribution is 2.22. The van der Waals surface area contributed by atoms with Crippen LogP contribution < -0.4 is 21.3 Å². The summed E-state index contributed by atoms with van der Waals surface area (Å²) in [7, 11) is 3.76. The fourth-order valence-corrected chi connectivity index (χ4v) is 3.51. The van der Waals surface area contributed by atoms with Gasteiger partial charge in [0.05, 0.1) is 39.6 Å². The van der Waals surface area contributed by atoms with Crippen molar-refractivity contribution in [1.82, 2.24) is 20.9 Å². The summed E-state index contributed by atoms with van der Waals surface area (Å²) in [5.74, 6) is -0.503. The van der Waals surface area contributed by atoms with Crippen LogP contribution in [0, 0.1) is 0 Å². The zero-order chi connectivity index (χ0) is 28.7. The largest absolute Gasteiger partial charge is 0.378 e. The minimum atomic E-state index is -0.335. The molecule has 220 valence electrons. The van der Waals surface area contributed by atoms with Crippen molar-refractivity contribution < 1.29 is 33.4 Å². The first-order valence-corrected chi connectivity index (χ1v) is 13.3. The average molecular weight is 552 g/mol. The topological polar surface area (TPSA) is 147 Å². The molecule has 1 unspecified atom stereocenters. The Bertz CT molecular complexity index is 856. The van der Waals surface area contributed by atoms with Crippen molar-refractivity contribution in [2.75, 3.05) is 78.7 Å². The van der Waals surface area contributed by atoms with Gasteiger partial charge in [0.15, 0.2) is 0 Å². The van der Waals surface area contributed by atoms with Gasteiger partial charge in [0.25, 0.3) is 0 Å². The molecule has 0 radical (unpaired) electrons. The van der Waals surface area contributed by atoms with Gasteiger partial charge in [-0.15, -0.1) is 0 Å². The molecule has 4 N–H and O–H groups in total. The van der Waals surface area contributed by atoms with Gasteiger partial charge >= 0.3 is 0 Å². The number of carbonyl (C=O) groups excluding carboxylic acids is 4. The zero-order valence-corrected chi connectivity index (χ0v) is 23.5. The van der Waals surface area contributed by atoms with E-state index in [1.807, 2.05) is 25.9 Å². The van der Waals surface area contributed by atoms with Gasteiger partial charge in [0.2, 0.25) is 18.2 Å². The molecule has 39 heavy (non-hydrogen) atoms. The van der Waals surface area contributed by atoms with Crippen LogP contribution in [0.5, 0.6) is 0 Å². The van der Waals surface area contributed by atoms with Crippen LogP contribution in [0.3, 0.4) is 0 Å². The van der Waals surface area contributed by atoms with Crippen LogP contribution in [0.25, 0.3) is 0 Å². The molecule has 0 aliphatic rings. The highest BCUT2D eigenvalue weighted by atomic mass is 16.5. The number of hydrogen-bond donors (Lipinski definition) is 4. The highest BCUT2D eigenvalue weighted by Gasteiger charge is 2.17. The maximum atomic E-state index is 12.6. The summed E-state index contributed by atoms with van der Waals surface area (Å²) in [6, 6.07) is 5.21. The Labute approximate surface area is 231 Å². The Balaban J connectivity index is 2.34. The minimum Gasteiger partial charge on any atom is -0.378 e. The fourth-order valence-electron chi connectivity index (χ4n) is 3.51. The van der Waals surface area contributed by atoms with E-state index >= 15 is 0 Å². The second-order valence-electron chi connectivity index (χ2n) is 8.97. The quantitative estimate of drug-likeness (QED) is 0.106. The molecule has 0 aliphatic heterocycles. The lowest BCUT2D eigenvalue weighted by atomic mass is 10.0. The van der Waals surface area contributed by atoms with Gasteiger partial charge in [-0.1, -0.05) is 12.1 Å². The number of hydrogen-bond acceptors (Lipinski definition) is 10. The number of imide groups is 1. The second kappa shape index (κ2) is 22.1. The van der Waals surface area contributed by atoms with E-state index in [4.69, 9.17) is 14.2 Å². The molecule has 0 fully saturated rings. The van der Waals surface area contributed by atoms with Crippen LogP contribution in [0.2, 0.25) is 0 Å². The van der Waals surface area contributed by atoms with E-state index in [-0.39, 0.29) is 30.7 Å². The number of nitrogens with one attached hydrogen (secondary N) is 4. The molecule has 3 amide bonds. The van der Waals surface area contributed by atoms with E-state index in [9.17, 15) is 19.2 Å². The van der Waals surface area contributed by atoms with E-state index < -0.39 is 0 Å². The first-order chi connectivity index (χ1) is 18.9. The third-order valence-corrected chi connectivity index (χ3v) is 5.97. The van der Waals surface area contributed by atoms with Crippen molar-refractivity contribution in [3.63, 3.8) is 0 Å². The molecular formula is C27H45N5O7. The van der Waals surface area contributed by atoms with E-state index in [1.54, 1.807) is 18.2 Å². The number of amides is 3. The summed E-state index contributed by atoms with van der Waals surface area (Å²) in [4.78, 5) is 48.2. The molecule has 0 aliphatic carbocycles. The molecule has 0 aromatic heterocycles. The van der Waals surface area contributed by atoms with Gasteiger partial charge in [-0.25, -0.2) is 0 Å². The summed E-state index contributed by atoms with van der Waals surface area (Å²) in [5.41, 5.74) is 1.78. The first-order valence-electron chi connectivity index (χ1n) is 13.3. The predicted octanol–water partition coefficient (Wildman–Crippen LogP) is 0.560. The molecule has 0 heterocycles. The van der Waals surface area contributed by atoms with E-state index in [0.29, 0.717) is 88.9 Å². The van der Waals surface area contributed by atoms with Crippen molar-refractivity contribution in [2.45, 2.75) is 38.8 Å². The molecule has 12 nitrogen and oxygen atoms in total. The first kappa shape index (κ1) is 34.3. The summed E-state index contributed by atoms with van der Waals surface area (Å²) in [5, 5.41) is 11.2. The lowest BCUT2D eigenvalue weighted by molar-refractivity contribution is -0.125. The minimum absolute atomic E-state index is 0.00554. The van der Waals surface area contributed by atoms with Crippen LogP contribution in [0.15, 0.2) is 18.2 Å². The van der Waals surface area contributed by atoms with Crippen LogP contribution in [-0.4, -0.2) is 109 Å². The van der Waals surface area contributed by atoms with Crippen LogP contribution >= 0.6 is 0 Å². The lowest BCUT2D eigenvalue weighted by Crippen LogP contribution is -2.31. The van der Waals surface area contributed by atoms with E-state index in [2.05, 4.69) is 21.3 Å². The number of anilines is 1. The monoisotopic (exact) mass is 551 g/mol. The Morgan fingerprint density at radius 1 is 0.923 bits per heavy atom. The predicted molar refractivity (Wildman–Crippen MR) is 149 cm³/mol. The van der Waals surface area contributed by atoms with Crippen molar-refractivity contribution >= 4 is 30.2 Å². The Morgan fingerprint density at radius 2 is 1.59 bits per heavy atom. The second-order valence-corrected chi connectivity index (χ2v) is 8.97. The average Bonchev–Trinajstić information content (AvgIpc) is 2.92. The van der Waals surface area contributed by atoms with Crippen LogP contribution in [0.4, 0.5) is 5.69 Å². The number of carbonyl (C=O) groups is 4. The normalized spacial score (nSPS) is 11.8. The van der Waals surface area contributed by atoms with Gasteiger partial charge in [-0.3, -0.25) is 29.4 Å². The maximum Gasteiger partial charge on any atom is 0.226 e. The van der Waals surface area contributed by atoms with E-state index in [0.717, 1.165) is 12.8 Å². The molecule has 1 atom stereocenters. The maximum absolute atomic E-state index is 12.6. The number of aldehydes is 1. The van der Waals surface area contributed by atoms with Gasteiger partial charge in [-0.2, -0.15) is 0 Å². The van der Waals surface area contributed by atoms with E-state index in [1.165, 1.54) is 0 Å². The smallest absolute Gasteiger partial charge is 0.226 e. The molecule has 1 aromatic rings. The third kappa shape index (κ3) is 16.1. The van der Waals surface area contributed by atoms with Crippen LogP contribution in [0.1, 0.15) is 42.1 Å². The van der Waals surface area contributed by atoms with Crippen molar-refractivity contribution in [2.24, 2.45) is 0 Å². The summed E-state index contributed by atoms with van der Waals surface area (Å²) >= 11 is 0. The summed E-state index contributed by atoms with van der Waals surface area (Å²) in [6.07, 6.45) is 2.16.